The minimum Gasteiger partial charge on any atom is -0.468 e. The fourth-order valence-electron chi connectivity index (χ4n) is 4.43. The van der Waals surface area contributed by atoms with Crippen LogP contribution in [0.2, 0.25) is 0 Å². The Kier molecular flexibility index (Phi) is 6.35. The first-order chi connectivity index (χ1) is 17.3. The standard InChI is InChI=1S/C26H29N7O3/c1-4-33-19-15-20(35-23(18-11-8-14-28-18)16-9-6-5-7-10-16)29-17(12-13-26(2,3)34)21(19)30-25(33)22-24(27)32-36-31-22/h5-7,9-10,15,18,23,28,34H,4,8,11,14H2,1-3H3,(H2,27,32)/t18-,23?/m0/s1. The molecule has 10 nitrogen and oxygen atoms in total. The smallest absolute Gasteiger partial charge is 0.217 e. The number of imidazole rings is 1. The van der Waals surface area contributed by atoms with E-state index in [-0.39, 0.29) is 18.0 Å². The highest BCUT2D eigenvalue weighted by Crippen LogP contribution is 2.33. The molecule has 186 valence electrons. The van der Waals surface area contributed by atoms with Crippen molar-refractivity contribution in [1.29, 1.82) is 0 Å². The Bertz CT molecular complexity index is 1420. The lowest BCUT2D eigenvalue weighted by molar-refractivity contribution is 0.143. The molecule has 3 aromatic heterocycles. The molecular weight excluding hydrogens is 458 g/mol. The molecule has 0 aliphatic carbocycles. The van der Waals surface area contributed by atoms with Gasteiger partial charge in [0.15, 0.2) is 17.3 Å². The highest BCUT2D eigenvalue weighted by atomic mass is 16.6. The van der Waals surface area contributed by atoms with Crippen molar-refractivity contribution in [3.63, 3.8) is 0 Å². The summed E-state index contributed by atoms with van der Waals surface area (Å²) in [5.41, 5.74) is 7.87. The van der Waals surface area contributed by atoms with Gasteiger partial charge in [-0.05, 0) is 62.0 Å². The largest absolute Gasteiger partial charge is 0.468 e. The number of nitrogens with zero attached hydrogens (tertiary/aromatic N) is 5. The lowest BCUT2D eigenvalue weighted by Gasteiger charge is -2.25. The number of nitrogens with one attached hydrogen (secondary N) is 1. The fraction of sp³-hybridized carbons (Fsp3) is 0.385. The summed E-state index contributed by atoms with van der Waals surface area (Å²) in [6.07, 6.45) is 1.86. The van der Waals surface area contributed by atoms with Gasteiger partial charge < -0.3 is 25.5 Å². The van der Waals surface area contributed by atoms with Crippen molar-refractivity contribution in [3.05, 3.63) is 47.7 Å². The van der Waals surface area contributed by atoms with Crippen LogP contribution < -0.4 is 15.8 Å². The van der Waals surface area contributed by atoms with Gasteiger partial charge in [-0.15, -0.1) is 0 Å². The second kappa shape index (κ2) is 9.60. The van der Waals surface area contributed by atoms with Crippen molar-refractivity contribution in [2.24, 2.45) is 0 Å². The van der Waals surface area contributed by atoms with Crippen molar-refractivity contribution in [2.45, 2.75) is 57.9 Å². The maximum absolute atomic E-state index is 10.2. The van der Waals surface area contributed by atoms with Crippen LogP contribution in [0, 0.1) is 11.8 Å². The van der Waals surface area contributed by atoms with Gasteiger partial charge in [0.2, 0.25) is 5.88 Å². The number of aryl methyl sites for hydroxylation is 1. The molecule has 1 fully saturated rings. The van der Waals surface area contributed by atoms with E-state index < -0.39 is 5.60 Å². The number of aromatic nitrogens is 5. The van der Waals surface area contributed by atoms with Crippen LogP contribution in [0.4, 0.5) is 5.82 Å². The zero-order valence-electron chi connectivity index (χ0n) is 20.5. The van der Waals surface area contributed by atoms with Crippen molar-refractivity contribution in [2.75, 3.05) is 12.3 Å². The Morgan fingerprint density at radius 3 is 2.72 bits per heavy atom. The van der Waals surface area contributed by atoms with Crippen molar-refractivity contribution >= 4 is 16.9 Å². The Labute approximate surface area is 208 Å². The van der Waals surface area contributed by atoms with Crippen LogP contribution in [0.15, 0.2) is 41.0 Å². The molecule has 4 heterocycles. The van der Waals surface area contributed by atoms with Gasteiger partial charge in [0.25, 0.3) is 0 Å². The zero-order chi connectivity index (χ0) is 25.3. The number of pyridine rings is 1. The number of hydrogen-bond acceptors (Lipinski definition) is 9. The first-order valence-electron chi connectivity index (χ1n) is 12.0. The molecule has 4 N–H and O–H groups in total. The van der Waals surface area contributed by atoms with Crippen LogP contribution in [0.1, 0.15) is 51.0 Å². The van der Waals surface area contributed by atoms with Gasteiger partial charge in [0.05, 0.1) is 5.52 Å². The van der Waals surface area contributed by atoms with Gasteiger partial charge >= 0.3 is 0 Å². The zero-order valence-corrected chi connectivity index (χ0v) is 20.5. The fourth-order valence-corrected chi connectivity index (χ4v) is 4.43. The molecule has 2 atom stereocenters. The molecule has 1 saturated heterocycles. The van der Waals surface area contributed by atoms with Crippen LogP contribution in [0.5, 0.6) is 5.88 Å². The third-order valence-corrected chi connectivity index (χ3v) is 6.08. The summed E-state index contributed by atoms with van der Waals surface area (Å²) in [6.45, 7) is 6.75. The van der Waals surface area contributed by atoms with Crippen molar-refractivity contribution in [1.82, 2.24) is 30.2 Å². The molecular formula is C26H29N7O3. The molecule has 5 rings (SSSR count). The van der Waals surface area contributed by atoms with E-state index in [1.54, 1.807) is 13.8 Å². The van der Waals surface area contributed by atoms with Gasteiger partial charge in [0, 0.05) is 18.7 Å². The summed E-state index contributed by atoms with van der Waals surface area (Å²) in [6, 6.07) is 12.1. The quantitative estimate of drug-likeness (QED) is 0.350. The monoisotopic (exact) mass is 487 g/mol. The van der Waals surface area contributed by atoms with Gasteiger partial charge in [-0.25, -0.2) is 14.6 Å². The number of rotatable bonds is 6. The van der Waals surface area contributed by atoms with Crippen LogP contribution >= 0.6 is 0 Å². The van der Waals surface area contributed by atoms with Crippen LogP contribution in [-0.2, 0) is 6.54 Å². The number of hydrogen-bond donors (Lipinski definition) is 3. The summed E-state index contributed by atoms with van der Waals surface area (Å²) in [7, 11) is 0. The molecule has 0 amide bonds. The number of anilines is 1. The molecule has 1 unspecified atom stereocenters. The average Bonchev–Trinajstić information content (AvgIpc) is 3.61. The summed E-state index contributed by atoms with van der Waals surface area (Å²) < 4.78 is 13.3. The third-order valence-electron chi connectivity index (χ3n) is 6.08. The summed E-state index contributed by atoms with van der Waals surface area (Å²) in [4.78, 5) is 9.48. The Balaban J connectivity index is 1.66. The molecule has 4 aromatic rings. The average molecular weight is 488 g/mol. The van der Waals surface area contributed by atoms with E-state index in [4.69, 9.17) is 25.1 Å². The van der Waals surface area contributed by atoms with Gasteiger partial charge in [-0.3, -0.25) is 0 Å². The second-order valence-corrected chi connectivity index (χ2v) is 9.32. The van der Waals surface area contributed by atoms with E-state index in [2.05, 4.69) is 39.6 Å². The maximum atomic E-state index is 10.2. The van der Waals surface area contributed by atoms with Gasteiger partial charge in [-0.2, -0.15) is 0 Å². The van der Waals surface area contributed by atoms with E-state index in [1.807, 2.05) is 35.8 Å². The molecule has 1 aliphatic rings. The van der Waals surface area contributed by atoms with Gasteiger partial charge in [0.1, 0.15) is 22.9 Å². The van der Waals surface area contributed by atoms with Crippen LogP contribution in [-0.4, -0.2) is 48.1 Å². The minimum atomic E-state index is -1.21. The van der Waals surface area contributed by atoms with Crippen LogP contribution in [0.25, 0.3) is 22.6 Å². The highest BCUT2D eigenvalue weighted by molar-refractivity contribution is 5.86. The van der Waals surface area contributed by atoms with E-state index in [0.717, 1.165) is 30.5 Å². The second-order valence-electron chi connectivity index (χ2n) is 9.32. The van der Waals surface area contributed by atoms with Gasteiger partial charge in [-0.1, -0.05) is 36.3 Å². The maximum Gasteiger partial charge on any atom is 0.217 e. The Morgan fingerprint density at radius 2 is 2.08 bits per heavy atom. The first kappa shape index (κ1) is 23.8. The summed E-state index contributed by atoms with van der Waals surface area (Å²) >= 11 is 0. The number of nitrogen functional groups attached to an aromatic ring is 1. The van der Waals surface area contributed by atoms with Crippen molar-refractivity contribution in [3.8, 4) is 29.2 Å². The normalized spacial score (nSPS) is 16.6. The Hall–Kier alpha value is -3.94. The number of fused-ring (bicyclic) bond motifs is 1. The lowest BCUT2D eigenvalue weighted by Crippen LogP contribution is -2.32. The molecule has 1 aromatic carbocycles. The predicted molar refractivity (Wildman–Crippen MR) is 135 cm³/mol. The topological polar surface area (TPSA) is 137 Å². The lowest BCUT2D eigenvalue weighted by atomic mass is 10.0. The number of nitrogens with two attached hydrogens (primary N) is 1. The van der Waals surface area contributed by atoms with Crippen molar-refractivity contribution < 1.29 is 14.5 Å². The molecule has 10 heteroatoms. The SMILES string of the molecule is CCn1c(-c2nonc2N)nc2c(C#CC(C)(C)O)nc(OC(c3ccccc3)[C@@H]3CCCN3)cc21. The van der Waals surface area contributed by atoms with E-state index in [1.165, 1.54) is 0 Å². The molecule has 0 bridgehead atoms. The molecule has 0 radical (unpaired) electrons. The molecule has 1 aliphatic heterocycles. The molecule has 0 spiro atoms. The van der Waals surface area contributed by atoms with E-state index in [9.17, 15) is 5.11 Å². The summed E-state index contributed by atoms with van der Waals surface area (Å²) in [5, 5.41) is 21.4. The third kappa shape index (κ3) is 4.76. The Morgan fingerprint density at radius 1 is 1.28 bits per heavy atom. The molecule has 36 heavy (non-hydrogen) atoms. The summed E-state index contributed by atoms with van der Waals surface area (Å²) in [5.74, 6) is 6.90. The first-order valence-corrected chi connectivity index (χ1v) is 12.0. The predicted octanol–water partition coefficient (Wildman–Crippen LogP) is 3.08. The van der Waals surface area contributed by atoms with E-state index >= 15 is 0 Å². The number of ether oxygens (including phenoxy) is 1. The number of benzene rings is 1. The minimum absolute atomic E-state index is 0.144. The highest BCUT2D eigenvalue weighted by Gasteiger charge is 2.29. The number of aliphatic hydroxyl groups is 1. The van der Waals surface area contributed by atoms with E-state index in [0.29, 0.717) is 35.2 Å². The molecule has 0 saturated carbocycles. The van der Waals surface area contributed by atoms with Crippen LogP contribution in [0.3, 0.4) is 0 Å².